The fourth-order valence-corrected chi connectivity index (χ4v) is 7.51. The van der Waals surface area contributed by atoms with Crippen LogP contribution in [0.1, 0.15) is 239 Å². The molecular formula is C57H99NO5. The van der Waals surface area contributed by atoms with Gasteiger partial charge in [-0.1, -0.05) is 221 Å². The zero-order valence-electron chi connectivity index (χ0n) is 41.2. The van der Waals surface area contributed by atoms with Crippen molar-refractivity contribution >= 4 is 11.9 Å². The lowest BCUT2D eigenvalue weighted by atomic mass is 10.0. The van der Waals surface area contributed by atoms with E-state index in [0.29, 0.717) is 19.3 Å². The van der Waals surface area contributed by atoms with Gasteiger partial charge in [0.05, 0.1) is 25.2 Å². The summed E-state index contributed by atoms with van der Waals surface area (Å²) in [5, 5.41) is 23.8. The van der Waals surface area contributed by atoms with Gasteiger partial charge in [-0.25, -0.2) is 0 Å². The molecule has 362 valence electrons. The number of unbranched alkanes of at least 4 members (excludes halogenated alkanes) is 20. The van der Waals surface area contributed by atoms with E-state index in [1.807, 2.05) is 6.08 Å². The predicted octanol–water partition coefficient (Wildman–Crippen LogP) is 16.0. The lowest BCUT2D eigenvalue weighted by molar-refractivity contribution is -0.150. The lowest BCUT2D eigenvalue weighted by Gasteiger charge is -2.24. The van der Waals surface area contributed by atoms with Crippen molar-refractivity contribution in [2.45, 2.75) is 257 Å². The Labute approximate surface area is 389 Å². The number of ether oxygens (including phenoxy) is 1. The van der Waals surface area contributed by atoms with Crippen LogP contribution in [0.5, 0.6) is 0 Å². The minimum absolute atomic E-state index is 0.0349. The van der Waals surface area contributed by atoms with E-state index in [0.717, 1.165) is 96.3 Å². The van der Waals surface area contributed by atoms with Gasteiger partial charge in [-0.05, 0) is 89.9 Å². The van der Waals surface area contributed by atoms with E-state index in [1.54, 1.807) is 0 Å². The fraction of sp³-hybridized carbons (Fsp3) is 0.719. The molecule has 63 heavy (non-hydrogen) atoms. The number of aliphatic hydroxyl groups excluding tert-OH is 2. The SMILES string of the molecule is CC/C=C/C/C=C/C/C=C/C/C=C/C/C=C/CCC(=O)OC(CCCCCCC/C=C\C/C=C\CCCCC)CC(=O)NC(CO)C(O)CCCCCCCCCCCCCCC. The first-order valence-electron chi connectivity index (χ1n) is 26.3. The topological polar surface area (TPSA) is 95.9 Å². The summed E-state index contributed by atoms with van der Waals surface area (Å²) in [5.41, 5.74) is 0. The molecular weight excluding hydrogens is 779 g/mol. The molecule has 0 aromatic carbocycles. The Morgan fingerprint density at radius 2 is 0.857 bits per heavy atom. The number of hydrogen-bond donors (Lipinski definition) is 3. The first kappa shape index (κ1) is 60.0. The highest BCUT2D eigenvalue weighted by Gasteiger charge is 2.24. The molecule has 6 heteroatoms. The number of esters is 1. The van der Waals surface area contributed by atoms with E-state index in [1.165, 1.54) is 89.9 Å². The molecule has 0 aliphatic heterocycles. The molecule has 0 radical (unpaired) electrons. The Balaban J connectivity index is 4.73. The largest absolute Gasteiger partial charge is 0.462 e. The third kappa shape index (κ3) is 45.4. The van der Waals surface area contributed by atoms with Crippen molar-refractivity contribution in [1.82, 2.24) is 5.32 Å². The molecule has 0 saturated carbocycles. The second kappa shape index (κ2) is 50.0. The average Bonchev–Trinajstić information content (AvgIpc) is 3.28. The maximum Gasteiger partial charge on any atom is 0.306 e. The van der Waals surface area contributed by atoms with Gasteiger partial charge in [0, 0.05) is 6.42 Å². The number of amides is 1. The number of hydrogen-bond acceptors (Lipinski definition) is 5. The third-order valence-corrected chi connectivity index (χ3v) is 11.5. The van der Waals surface area contributed by atoms with E-state index in [-0.39, 0.29) is 31.3 Å². The van der Waals surface area contributed by atoms with Gasteiger partial charge in [-0.15, -0.1) is 0 Å². The summed E-state index contributed by atoms with van der Waals surface area (Å²) in [6.07, 6.45) is 65.0. The normalized spacial score (nSPS) is 13.9. The van der Waals surface area contributed by atoms with Crippen LogP contribution < -0.4 is 5.32 Å². The van der Waals surface area contributed by atoms with Crippen LogP contribution in [0.3, 0.4) is 0 Å². The van der Waals surface area contributed by atoms with Crippen molar-refractivity contribution in [3.63, 3.8) is 0 Å². The Hall–Kier alpha value is -2.96. The Morgan fingerprint density at radius 3 is 1.33 bits per heavy atom. The summed E-state index contributed by atoms with van der Waals surface area (Å²) < 4.78 is 5.89. The number of allylic oxidation sites excluding steroid dienone is 14. The van der Waals surface area contributed by atoms with Crippen molar-refractivity contribution in [3.05, 3.63) is 85.1 Å². The van der Waals surface area contributed by atoms with Crippen LogP contribution in [0.15, 0.2) is 85.1 Å². The summed E-state index contributed by atoms with van der Waals surface area (Å²) in [6.45, 7) is 6.32. The first-order valence-corrected chi connectivity index (χ1v) is 26.3. The predicted molar refractivity (Wildman–Crippen MR) is 273 cm³/mol. The standard InChI is InChI=1S/C57H99NO5/c1-4-7-10-13-16-19-22-25-27-29-32-35-38-41-44-47-50-57(62)63-53(48-45-42-39-36-33-31-28-26-23-20-17-14-11-8-5-2)51-56(61)58-54(52-59)55(60)49-46-43-40-37-34-30-24-21-18-15-12-9-6-3/h7,10,16-17,19-20,25-28,32,35,41,44,53-55,59-60H,4-6,8-9,11-15,18,21-24,29-31,33-34,36-40,42-43,45-52H2,1-3H3,(H,58,61)/b10-7+,19-16+,20-17-,27-25+,28-26-,35-32+,44-41+. The van der Waals surface area contributed by atoms with Crippen LogP contribution in [0.2, 0.25) is 0 Å². The highest BCUT2D eigenvalue weighted by molar-refractivity contribution is 5.77. The Bertz CT molecular complexity index is 1210. The molecule has 3 atom stereocenters. The minimum atomic E-state index is -0.807. The molecule has 1 amide bonds. The molecule has 0 heterocycles. The lowest BCUT2D eigenvalue weighted by Crippen LogP contribution is -2.46. The van der Waals surface area contributed by atoms with Crippen molar-refractivity contribution in [1.29, 1.82) is 0 Å². The number of aliphatic hydroxyl groups is 2. The first-order chi connectivity index (χ1) is 31.0. The van der Waals surface area contributed by atoms with Gasteiger partial charge in [0.2, 0.25) is 5.91 Å². The average molecular weight is 878 g/mol. The van der Waals surface area contributed by atoms with Gasteiger partial charge in [-0.3, -0.25) is 9.59 Å². The fourth-order valence-electron chi connectivity index (χ4n) is 7.51. The zero-order chi connectivity index (χ0) is 45.9. The number of rotatable bonds is 46. The quantitative estimate of drug-likeness (QED) is 0.0322. The van der Waals surface area contributed by atoms with E-state index in [9.17, 15) is 19.8 Å². The summed E-state index contributed by atoms with van der Waals surface area (Å²) in [7, 11) is 0. The van der Waals surface area contributed by atoms with Crippen molar-refractivity contribution in [2.75, 3.05) is 6.61 Å². The molecule has 6 nitrogen and oxygen atoms in total. The molecule has 0 bridgehead atoms. The monoisotopic (exact) mass is 878 g/mol. The minimum Gasteiger partial charge on any atom is -0.462 e. The Morgan fingerprint density at radius 1 is 0.476 bits per heavy atom. The second-order valence-corrected chi connectivity index (χ2v) is 17.5. The van der Waals surface area contributed by atoms with Crippen LogP contribution in [0.4, 0.5) is 0 Å². The maximum absolute atomic E-state index is 13.2. The number of nitrogens with one attached hydrogen (secondary N) is 1. The molecule has 0 fully saturated rings. The molecule has 0 rings (SSSR count). The van der Waals surface area contributed by atoms with E-state index in [2.05, 4.69) is 105 Å². The van der Waals surface area contributed by atoms with Crippen LogP contribution in [0.25, 0.3) is 0 Å². The Kier molecular flexibility index (Phi) is 47.7. The van der Waals surface area contributed by atoms with Crippen LogP contribution in [0, 0.1) is 0 Å². The van der Waals surface area contributed by atoms with E-state index < -0.39 is 18.2 Å². The highest BCUT2D eigenvalue weighted by Crippen LogP contribution is 2.17. The van der Waals surface area contributed by atoms with E-state index >= 15 is 0 Å². The highest BCUT2D eigenvalue weighted by atomic mass is 16.5. The molecule has 0 saturated heterocycles. The zero-order valence-corrected chi connectivity index (χ0v) is 41.2. The van der Waals surface area contributed by atoms with Crippen LogP contribution in [-0.4, -0.2) is 46.9 Å². The van der Waals surface area contributed by atoms with Crippen LogP contribution in [-0.2, 0) is 14.3 Å². The third-order valence-electron chi connectivity index (χ3n) is 11.5. The van der Waals surface area contributed by atoms with Crippen LogP contribution >= 0.6 is 0 Å². The summed E-state index contributed by atoms with van der Waals surface area (Å²) in [6, 6.07) is -0.725. The maximum atomic E-state index is 13.2. The molecule has 3 unspecified atom stereocenters. The molecule has 0 aliphatic carbocycles. The molecule has 3 N–H and O–H groups in total. The van der Waals surface area contributed by atoms with Gasteiger partial charge in [-0.2, -0.15) is 0 Å². The number of carbonyl (C=O) groups excluding carboxylic acids is 2. The van der Waals surface area contributed by atoms with Gasteiger partial charge in [0.25, 0.3) is 0 Å². The van der Waals surface area contributed by atoms with Gasteiger partial charge in [0.15, 0.2) is 0 Å². The van der Waals surface area contributed by atoms with Gasteiger partial charge >= 0.3 is 5.97 Å². The van der Waals surface area contributed by atoms with Crippen molar-refractivity contribution in [3.8, 4) is 0 Å². The van der Waals surface area contributed by atoms with Crippen molar-refractivity contribution in [2.24, 2.45) is 0 Å². The molecule has 0 aliphatic rings. The molecule has 0 spiro atoms. The summed E-state index contributed by atoms with van der Waals surface area (Å²) >= 11 is 0. The smallest absolute Gasteiger partial charge is 0.306 e. The second-order valence-electron chi connectivity index (χ2n) is 17.5. The van der Waals surface area contributed by atoms with Gasteiger partial charge < -0.3 is 20.3 Å². The van der Waals surface area contributed by atoms with Gasteiger partial charge in [0.1, 0.15) is 6.10 Å². The summed E-state index contributed by atoms with van der Waals surface area (Å²) in [4.78, 5) is 26.1. The van der Waals surface area contributed by atoms with Crippen molar-refractivity contribution < 1.29 is 24.5 Å². The number of carbonyl (C=O) groups is 2. The molecule has 0 aromatic rings. The summed E-state index contributed by atoms with van der Waals surface area (Å²) in [5.74, 6) is -0.589. The van der Waals surface area contributed by atoms with E-state index in [4.69, 9.17) is 4.74 Å². The molecule has 0 aromatic heterocycles.